The zero-order valence-electron chi connectivity index (χ0n) is 14.1. The van der Waals surface area contributed by atoms with Crippen LogP contribution >= 0.6 is 0 Å². The summed E-state index contributed by atoms with van der Waals surface area (Å²) in [6.07, 6.45) is 4.50. The molecule has 0 bridgehead atoms. The summed E-state index contributed by atoms with van der Waals surface area (Å²) in [6, 6.07) is 15.5. The van der Waals surface area contributed by atoms with E-state index in [0.29, 0.717) is 25.6 Å². The van der Waals surface area contributed by atoms with Crippen molar-refractivity contribution < 1.29 is 19.3 Å². The standard InChI is InChI=1S/C21H22O4/c22-20-14-18(23-15-16-4-2-1-3-5-16)6-7-19(20)17-8-10-21(11-9-17)24-12-13-25-21/h1-8,14,22H,9-13,15H2. The smallest absolute Gasteiger partial charge is 0.172 e. The second-order valence-corrected chi connectivity index (χ2v) is 6.49. The zero-order chi connectivity index (χ0) is 17.1. The molecule has 0 unspecified atom stereocenters. The number of ether oxygens (including phenoxy) is 3. The van der Waals surface area contributed by atoms with Crippen molar-refractivity contribution >= 4 is 5.57 Å². The molecule has 1 spiro atoms. The van der Waals surface area contributed by atoms with E-state index >= 15 is 0 Å². The maximum atomic E-state index is 10.4. The van der Waals surface area contributed by atoms with Crippen LogP contribution in [0, 0.1) is 0 Å². The summed E-state index contributed by atoms with van der Waals surface area (Å²) in [6.45, 7) is 1.82. The van der Waals surface area contributed by atoms with Crippen LogP contribution in [0.25, 0.3) is 5.57 Å². The quantitative estimate of drug-likeness (QED) is 0.904. The third-order valence-electron chi connectivity index (χ3n) is 4.81. The molecule has 4 heteroatoms. The van der Waals surface area contributed by atoms with Gasteiger partial charge in [0.05, 0.1) is 13.2 Å². The zero-order valence-corrected chi connectivity index (χ0v) is 14.1. The molecule has 1 aliphatic heterocycles. The minimum Gasteiger partial charge on any atom is -0.507 e. The number of phenols is 1. The fourth-order valence-corrected chi connectivity index (χ4v) is 3.43. The van der Waals surface area contributed by atoms with Crippen LogP contribution in [0.15, 0.2) is 54.6 Å². The van der Waals surface area contributed by atoms with E-state index in [1.54, 1.807) is 6.07 Å². The van der Waals surface area contributed by atoms with Gasteiger partial charge in [0.1, 0.15) is 18.1 Å². The Kier molecular flexibility index (Phi) is 4.47. The maximum absolute atomic E-state index is 10.4. The minimum absolute atomic E-state index is 0.251. The monoisotopic (exact) mass is 338 g/mol. The predicted octanol–water partition coefficient (Wildman–Crippen LogP) is 4.28. The van der Waals surface area contributed by atoms with Crippen molar-refractivity contribution in [2.24, 2.45) is 0 Å². The molecule has 4 rings (SSSR count). The van der Waals surface area contributed by atoms with Crippen LogP contribution in [-0.2, 0) is 16.1 Å². The highest BCUT2D eigenvalue weighted by Crippen LogP contribution is 2.40. The van der Waals surface area contributed by atoms with Gasteiger partial charge >= 0.3 is 0 Å². The molecule has 130 valence electrons. The molecule has 1 N–H and O–H groups in total. The first kappa shape index (κ1) is 16.2. The number of phenolic OH excluding ortho intramolecular Hbond substituents is 1. The van der Waals surface area contributed by atoms with Gasteiger partial charge in [-0.25, -0.2) is 0 Å². The van der Waals surface area contributed by atoms with Gasteiger partial charge in [0.15, 0.2) is 5.79 Å². The largest absolute Gasteiger partial charge is 0.507 e. The van der Waals surface area contributed by atoms with Gasteiger partial charge in [0.25, 0.3) is 0 Å². The highest BCUT2D eigenvalue weighted by Gasteiger charge is 2.37. The van der Waals surface area contributed by atoms with Crippen molar-refractivity contribution in [1.29, 1.82) is 0 Å². The van der Waals surface area contributed by atoms with Crippen molar-refractivity contribution in [2.45, 2.75) is 31.7 Å². The van der Waals surface area contributed by atoms with Crippen molar-refractivity contribution in [1.82, 2.24) is 0 Å². The van der Waals surface area contributed by atoms with E-state index in [1.807, 2.05) is 42.5 Å². The lowest BCUT2D eigenvalue weighted by molar-refractivity contribution is -0.159. The summed E-state index contributed by atoms with van der Waals surface area (Å²) < 4.78 is 17.3. The molecule has 25 heavy (non-hydrogen) atoms. The number of aromatic hydroxyl groups is 1. The van der Waals surface area contributed by atoms with Crippen LogP contribution in [0.3, 0.4) is 0 Å². The summed E-state index contributed by atoms with van der Waals surface area (Å²) in [5.41, 5.74) is 3.10. The van der Waals surface area contributed by atoms with Crippen molar-refractivity contribution in [3.05, 3.63) is 65.7 Å². The fourth-order valence-electron chi connectivity index (χ4n) is 3.43. The second-order valence-electron chi connectivity index (χ2n) is 6.49. The average molecular weight is 338 g/mol. The third-order valence-corrected chi connectivity index (χ3v) is 4.81. The molecule has 2 aromatic carbocycles. The fraction of sp³-hybridized carbons (Fsp3) is 0.333. The van der Waals surface area contributed by atoms with E-state index in [4.69, 9.17) is 14.2 Å². The third kappa shape index (κ3) is 3.55. The van der Waals surface area contributed by atoms with Crippen LogP contribution < -0.4 is 4.74 Å². The number of allylic oxidation sites excluding steroid dienone is 1. The van der Waals surface area contributed by atoms with E-state index < -0.39 is 5.79 Å². The summed E-state index contributed by atoms with van der Waals surface area (Å²) in [4.78, 5) is 0. The summed E-state index contributed by atoms with van der Waals surface area (Å²) in [5, 5.41) is 10.4. The van der Waals surface area contributed by atoms with E-state index in [0.717, 1.165) is 36.0 Å². The molecule has 2 aliphatic rings. The lowest BCUT2D eigenvalue weighted by Gasteiger charge is -2.30. The van der Waals surface area contributed by atoms with Gasteiger partial charge < -0.3 is 19.3 Å². The molecule has 0 aromatic heterocycles. The highest BCUT2D eigenvalue weighted by atomic mass is 16.7. The van der Waals surface area contributed by atoms with Gasteiger partial charge in [-0.1, -0.05) is 36.4 Å². The van der Waals surface area contributed by atoms with E-state index in [1.165, 1.54) is 0 Å². The second kappa shape index (κ2) is 6.90. The van der Waals surface area contributed by atoms with Crippen LogP contribution in [0.5, 0.6) is 11.5 Å². The lowest BCUT2D eigenvalue weighted by atomic mass is 9.89. The molecule has 1 saturated heterocycles. The Morgan fingerprint density at radius 3 is 2.52 bits per heavy atom. The van der Waals surface area contributed by atoms with Gasteiger partial charge in [-0.3, -0.25) is 0 Å². The summed E-state index contributed by atoms with van der Waals surface area (Å²) in [7, 11) is 0. The molecule has 1 heterocycles. The Balaban J connectivity index is 1.44. The molecule has 2 aromatic rings. The van der Waals surface area contributed by atoms with Gasteiger partial charge in [0.2, 0.25) is 0 Å². The number of benzene rings is 2. The van der Waals surface area contributed by atoms with Crippen molar-refractivity contribution in [3.8, 4) is 11.5 Å². The van der Waals surface area contributed by atoms with Crippen LogP contribution in [-0.4, -0.2) is 24.1 Å². The highest BCUT2D eigenvalue weighted by molar-refractivity contribution is 5.71. The Hall–Kier alpha value is -2.30. The lowest BCUT2D eigenvalue weighted by Crippen LogP contribution is -2.31. The van der Waals surface area contributed by atoms with Crippen LogP contribution in [0.1, 0.15) is 30.4 Å². The van der Waals surface area contributed by atoms with Gasteiger partial charge in [-0.05, 0) is 29.7 Å². The molecule has 0 atom stereocenters. The predicted molar refractivity (Wildman–Crippen MR) is 95.3 cm³/mol. The average Bonchev–Trinajstić information content (AvgIpc) is 3.10. The van der Waals surface area contributed by atoms with Crippen LogP contribution in [0.2, 0.25) is 0 Å². The summed E-state index contributed by atoms with van der Waals surface area (Å²) in [5.74, 6) is 0.485. The Bertz CT molecular complexity index is 761. The topological polar surface area (TPSA) is 47.9 Å². The van der Waals surface area contributed by atoms with Gasteiger partial charge in [-0.2, -0.15) is 0 Å². The van der Waals surface area contributed by atoms with Gasteiger partial charge in [-0.15, -0.1) is 0 Å². The van der Waals surface area contributed by atoms with Gasteiger partial charge in [0, 0.05) is 24.5 Å². The normalized spacial score (nSPS) is 19.0. The first-order valence-corrected chi connectivity index (χ1v) is 8.71. The molecular formula is C21H22O4. The van der Waals surface area contributed by atoms with E-state index in [-0.39, 0.29) is 5.75 Å². The Morgan fingerprint density at radius 1 is 1.04 bits per heavy atom. The van der Waals surface area contributed by atoms with E-state index in [9.17, 15) is 5.11 Å². The first-order chi connectivity index (χ1) is 12.2. The number of rotatable bonds is 4. The molecule has 4 nitrogen and oxygen atoms in total. The first-order valence-electron chi connectivity index (χ1n) is 8.71. The SMILES string of the molecule is Oc1cc(OCc2ccccc2)ccc1C1=CCC2(CC1)OCCO2. The molecule has 1 aliphatic carbocycles. The minimum atomic E-state index is -0.433. The maximum Gasteiger partial charge on any atom is 0.172 e. The molecule has 0 amide bonds. The number of hydrogen-bond acceptors (Lipinski definition) is 4. The van der Waals surface area contributed by atoms with Crippen LogP contribution in [0.4, 0.5) is 0 Å². The number of hydrogen-bond donors (Lipinski definition) is 1. The molecule has 1 fully saturated rings. The Morgan fingerprint density at radius 2 is 1.84 bits per heavy atom. The molecule has 0 radical (unpaired) electrons. The van der Waals surface area contributed by atoms with E-state index in [2.05, 4.69) is 6.08 Å². The van der Waals surface area contributed by atoms with Crippen molar-refractivity contribution in [2.75, 3.05) is 13.2 Å². The molecular weight excluding hydrogens is 316 g/mol. The summed E-state index contributed by atoms with van der Waals surface area (Å²) >= 11 is 0. The van der Waals surface area contributed by atoms with Crippen molar-refractivity contribution in [3.63, 3.8) is 0 Å². The molecule has 0 saturated carbocycles. The Labute approximate surface area is 147 Å².